The Hall–Kier alpha value is -1.89. The molecule has 1 aliphatic carbocycles. The minimum absolute atomic E-state index is 0. The molecule has 3 aliphatic heterocycles. The first kappa shape index (κ1) is 40.2. The zero-order chi connectivity index (χ0) is 29.6. The van der Waals surface area contributed by atoms with E-state index in [1.165, 1.54) is 76.2 Å². The van der Waals surface area contributed by atoms with Crippen molar-refractivity contribution < 1.29 is 14.4 Å². The summed E-state index contributed by atoms with van der Waals surface area (Å²) in [7, 11) is 4.38. The molecule has 0 N–H and O–H groups in total. The van der Waals surface area contributed by atoms with Gasteiger partial charge in [-0.25, -0.2) is 0 Å². The summed E-state index contributed by atoms with van der Waals surface area (Å²) in [5.41, 5.74) is 1.28. The molecule has 7 heteroatoms. The second kappa shape index (κ2) is 24.9. The number of carbonyl (C=O) groups excluding carboxylic acids is 3. The van der Waals surface area contributed by atoms with Crippen LogP contribution in [0.3, 0.4) is 0 Å². The molecule has 0 bridgehead atoms. The maximum Gasteiger partial charge on any atom is 0.219 e. The lowest BCUT2D eigenvalue weighted by Gasteiger charge is -2.27. The van der Waals surface area contributed by atoms with Crippen LogP contribution >= 0.6 is 0 Å². The standard InChI is InChI=1S/C8H13NO.C8H17N.2C7H13NO.C2H6.CH4/c1-7-3-5-9(6-4-7)8(2)10;1-9(2)8-6-4-3-5-7-8;2*1-7(9)8-5-3-2-4-6-8;1-2;/h1,3-6H2,2H3;8H,3-7H2,1-2H3;2*2-6H2,1H3;1-2H3;1H4. The van der Waals surface area contributed by atoms with E-state index in [2.05, 4.69) is 25.6 Å². The second-order valence-corrected chi connectivity index (χ2v) is 11.1. The largest absolute Gasteiger partial charge is 0.343 e. The van der Waals surface area contributed by atoms with Crippen molar-refractivity contribution in [2.45, 2.75) is 132 Å². The van der Waals surface area contributed by atoms with Gasteiger partial charge in [-0.3, -0.25) is 14.4 Å². The minimum atomic E-state index is 0. The van der Waals surface area contributed by atoms with Crippen LogP contribution in [-0.2, 0) is 14.4 Å². The van der Waals surface area contributed by atoms with Crippen molar-refractivity contribution in [2.24, 2.45) is 0 Å². The van der Waals surface area contributed by atoms with Crippen LogP contribution in [0.4, 0.5) is 0 Å². The van der Waals surface area contributed by atoms with Crippen LogP contribution in [-0.4, -0.2) is 96.7 Å². The van der Waals surface area contributed by atoms with Gasteiger partial charge in [-0.1, -0.05) is 52.7 Å². The molecule has 0 aromatic rings. The number of amides is 3. The Morgan fingerprint density at radius 2 is 0.900 bits per heavy atom. The van der Waals surface area contributed by atoms with Gasteiger partial charge in [0.05, 0.1) is 0 Å². The Kier molecular flexibility index (Phi) is 25.0. The Bertz CT molecular complexity index is 639. The summed E-state index contributed by atoms with van der Waals surface area (Å²) in [5, 5.41) is 0. The molecule has 3 saturated heterocycles. The summed E-state index contributed by atoms with van der Waals surface area (Å²) in [6.45, 7) is 18.4. The van der Waals surface area contributed by atoms with Crippen molar-refractivity contribution in [3.63, 3.8) is 0 Å². The number of likely N-dealkylation sites (tertiary alicyclic amines) is 3. The van der Waals surface area contributed by atoms with Crippen LogP contribution in [0.1, 0.15) is 126 Å². The number of carbonyl (C=O) groups is 3. The number of piperidine rings is 3. The number of nitrogens with zero attached hydrogens (tertiary/aromatic N) is 4. The van der Waals surface area contributed by atoms with Crippen molar-refractivity contribution in [3.05, 3.63) is 12.2 Å². The maximum atomic E-state index is 10.8. The fourth-order valence-electron chi connectivity index (χ4n) is 5.15. The first-order chi connectivity index (χ1) is 18.6. The fourth-order valence-corrected chi connectivity index (χ4v) is 5.15. The fraction of sp³-hybridized carbons (Fsp3) is 0.848. The molecule has 1 saturated carbocycles. The monoisotopic (exact) mass is 567 g/mol. The quantitative estimate of drug-likeness (QED) is 0.329. The zero-order valence-corrected chi connectivity index (χ0v) is 26.7. The summed E-state index contributed by atoms with van der Waals surface area (Å²) >= 11 is 0. The molecule has 0 aromatic heterocycles. The highest BCUT2D eigenvalue weighted by molar-refractivity contribution is 5.74. The highest BCUT2D eigenvalue weighted by Gasteiger charge is 2.15. The van der Waals surface area contributed by atoms with Crippen molar-refractivity contribution in [2.75, 3.05) is 53.4 Å². The van der Waals surface area contributed by atoms with E-state index in [1.54, 1.807) is 20.8 Å². The summed E-state index contributed by atoms with van der Waals surface area (Å²) in [5.74, 6) is 0.650. The average molecular weight is 567 g/mol. The molecule has 0 atom stereocenters. The van der Waals surface area contributed by atoms with Crippen LogP contribution in [0.15, 0.2) is 12.2 Å². The molecule has 0 aromatic carbocycles. The minimum Gasteiger partial charge on any atom is -0.343 e. The number of rotatable bonds is 1. The summed E-state index contributed by atoms with van der Waals surface area (Å²) in [6.07, 6.45) is 16.5. The van der Waals surface area contributed by atoms with Gasteiger partial charge in [-0.2, -0.15) is 0 Å². The number of hydrogen-bond donors (Lipinski definition) is 0. The second-order valence-electron chi connectivity index (χ2n) is 11.1. The summed E-state index contributed by atoms with van der Waals surface area (Å²) in [4.78, 5) is 40.3. The SMILES string of the molecule is C.C=C1CCN(C(C)=O)CC1.CC.CC(=O)N1CCCCC1.CC(=O)N1CCCCC1.CN(C)C1CCCCC1. The molecule has 4 rings (SSSR count). The van der Waals surface area contributed by atoms with Crippen LogP contribution in [0.5, 0.6) is 0 Å². The van der Waals surface area contributed by atoms with Crippen LogP contribution in [0, 0.1) is 0 Å². The molecule has 3 heterocycles. The van der Waals surface area contributed by atoms with Crippen molar-refractivity contribution in [3.8, 4) is 0 Å². The molecular weight excluding hydrogens is 500 g/mol. The molecular formula is C33H66N4O3. The van der Waals surface area contributed by atoms with E-state index in [9.17, 15) is 14.4 Å². The lowest BCUT2D eigenvalue weighted by molar-refractivity contribution is -0.130. The molecule has 0 spiro atoms. The highest BCUT2D eigenvalue weighted by Crippen LogP contribution is 2.20. The van der Waals surface area contributed by atoms with Gasteiger partial charge in [-0.15, -0.1) is 0 Å². The number of hydrogen-bond acceptors (Lipinski definition) is 4. The Labute approximate surface area is 248 Å². The maximum absolute atomic E-state index is 10.8. The smallest absolute Gasteiger partial charge is 0.219 e. The van der Waals surface area contributed by atoms with Crippen LogP contribution < -0.4 is 0 Å². The third-order valence-electron chi connectivity index (χ3n) is 7.82. The van der Waals surface area contributed by atoms with Crippen LogP contribution in [0.25, 0.3) is 0 Å². The van der Waals surface area contributed by atoms with E-state index in [0.717, 1.165) is 58.2 Å². The van der Waals surface area contributed by atoms with Crippen LogP contribution in [0.2, 0.25) is 0 Å². The molecule has 4 aliphatic rings. The van der Waals surface area contributed by atoms with E-state index in [-0.39, 0.29) is 25.1 Å². The predicted octanol–water partition coefficient (Wildman–Crippen LogP) is 6.77. The average Bonchev–Trinajstić information content (AvgIpc) is 2.97. The predicted molar refractivity (Wildman–Crippen MR) is 171 cm³/mol. The molecule has 3 amide bonds. The molecule has 236 valence electrons. The van der Waals surface area contributed by atoms with Gasteiger partial charge in [0.2, 0.25) is 17.7 Å². The first-order valence-electron chi connectivity index (χ1n) is 15.7. The highest BCUT2D eigenvalue weighted by atomic mass is 16.2. The molecule has 40 heavy (non-hydrogen) atoms. The normalized spacial score (nSPS) is 19.1. The Balaban J connectivity index is 0. The van der Waals surface area contributed by atoms with Crippen molar-refractivity contribution in [1.29, 1.82) is 0 Å². The topological polar surface area (TPSA) is 64.2 Å². The molecule has 7 nitrogen and oxygen atoms in total. The van der Waals surface area contributed by atoms with Gasteiger partial charge < -0.3 is 19.6 Å². The van der Waals surface area contributed by atoms with E-state index in [1.807, 2.05) is 28.5 Å². The Morgan fingerprint density at radius 1 is 0.600 bits per heavy atom. The van der Waals surface area contributed by atoms with E-state index in [4.69, 9.17) is 0 Å². The lowest BCUT2D eigenvalue weighted by atomic mass is 9.95. The van der Waals surface area contributed by atoms with Gasteiger partial charge in [0.1, 0.15) is 0 Å². The summed E-state index contributed by atoms with van der Waals surface area (Å²) < 4.78 is 0. The molecule has 4 fully saturated rings. The Morgan fingerprint density at radius 3 is 1.15 bits per heavy atom. The zero-order valence-electron chi connectivity index (χ0n) is 26.7. The lowest BCUT2D eigenvalue weighted by Crippen LogP contribution is -2.34. The van der Waals surface area contributed by atoms with Gasteiger partial charge >= 0.3 is 0 Å². The van der Waals surface area contributed by atoms with Gasteiger partial charge in [-0.05, 0) is 78.3 Å². The van der Waals surface area contributed by atoms with E-state index < -0.39 is 0 Å². The van der Waals surface area contributed by atoms with Gasteiger partial charge in [0.15, 0.2) is 0 Å². The first-order valence-corrected chi connectivity index (χ1v) is 15.7. The van der Waals surface area contributed by atoms with E-state index in [0.29, 0.717) is 0 Å². The third-order valence-corrected chi connectivity index (χ3v) is 7.82. The van der Waals surface area contributed by atoms with Crippen molar-refractivity contribution in [1.82, 2.24) is 19.6 Å². The summed E-state index contributed by atoms with van der Waals surface area (Å²) in [6, 6.07) is 0.888. The van der Waals surface area contributed by atoms with Crippen molar-refractivity contribution >= 4 is 17.7 Å². The van der Waals surface area contributed by atoms with Gasteiger partial charge in [0.25, 0.3) is 0 Å². The van der Waals surface area contributed by atoms with Gasteiger partial charge in [0, 0.05) is 66.1 Å². The third kappa shape index (κ3) is 19.2. The molecule has 0 radical (unpaired) electrons. The van der Waals surface area contributed by atoms with E-state index >= 15 is 0 Å². The molecule has 0 unspecified atom stereocenters.